The fourth-order valence-electron chi connectivity index (χ4n) is 3.95. The van der Waals surface area contributed by atoms with Crippen molar-refractivity contribution in [2.75, 3.05) is 25.5 Å². The van der Waals surface area contributed by atoms with Gasteiger partial charge in [0.05, 0.1) is 0 Å². The Labute approximate surface area is 202 Å². The first-order valence-electron chi connectivity index (χ1n) is 12.9. The Bertz CT molecular complexity index is 768. The van der Waals surface area contributed by atoms with E-state index in [0.29, 0.717) is 0 Å². The van der Waals surface area contributed by atoms with Gasteiger partial charge in [0.1, 0.15) is 0 Å². The molecule has 0 bridgehead atoms. The summed E-state index contributed by atoms with van der Waals surface area (Å²) in [6, 6.07) is 16.5. The van der Waals surface area contributed by atoms with Crippen molar-refractivity contribution in [3.05, 3.63) is 65.2 Å². The van der Waals surface area contributed by atoms with Gasteiger partial charge in [0.2, 0.25) is 0 Å². The number of amides is 1. The maximum absolute atomic E-state index is 12.4. The first-order valence-corrected chi connectivity index (χ1v) is 12.9. The molecule has 33 heavy (non-hydrogen) atoms. The summed E-state index contributed by atoms with van der Waals surface area (Å²) < 4.78 is 0. The van der Waals surface area contributed by atoms with Crippen LogP contribution < -0.4 is 15.5 Å². The number of benzene rings is 2. The average molecular weight is 452 g/mol. The lowest BCUT2D eigenvalue weighted by Gasteiger charge is -2.13. The third-order valence-electron chi connectivity index (χ3n) is 6.14. The number of unbranched alkanes of at least 4 members (excludes halogenated alkanes) is 9. The first-order chi connectivity index (χ1) is 16.1. The first kappa shape index (κ1) is 26.9. The van der Waals surface area contributed by atoms with Crippen molar-refractivity contribution >= 4 is 11.6 Å². The van der Waals surface area contributed by atoms with Crippen LogP contribution in [0.25, 0.3) is 0 Å². The van der Waals surface area contributed by atoms with E-state index in [1.54, 1.807) is 0 Å². The molecule has 2 aromatic rings. The predicted octanol–water partition coefficient (Wildman–Crippen LogP) is 6.69. The molecule has 1 amide bonds. The molecule has 2 aromatic carbocycles. The number of carbonyl (C=O) groups excluding carboxylic acids is 1. The summed E-state index contributed by atoms with van der Waals surface area (Å²) in [7, 11) is 4.10. The topological polar surface area (TPSA) is 44.4 Å². The van der Waals surface area contributed by atoms with Gasteiger partial charge in [-0.05, 0) is 41.8 Å². The van der Waals surface area contributed by atoms with Crippen molar-refractivity contribution in [2.45, 2.75) is 84.2 Å². The van der Waals surface area contributed by atoms with Gasteiger partial charge in [-0.1, -0.05) is 89.0 Å². The van der Waals surface area contributed by atoms with Crippen molar-refractivity contribution in [3.63, 3.8) is 0 Å². The van der Waals surface area contributed by atoms with Crippen molar-refractivity contribution in [3.8, 4) is 0 Å². The van der Waals surface area contributed by atoms with Gasteiger partial charge in [-0.15, -0.1) is 0 Å². The number of nitrogens with zero attached hydrogens (tertiary/aromatic N) is 1. The van der Waals surface area contributed by atoms with Gasteiger partial charge >= 0.3 is 0 Å². The van der Waals surface area contributed by atoms with Crippen molar-refractivity contribution < 1.29 is 4.79 Å². The highest BCUT2D eigenvalue weighted by atomic mass is 16.1. The van der Waals surface area contributed by atoms with Crippen LogP contribution in [-0.2, 0) is 13.1 Å². The van der Waals surface area contributed by atoms with E-state index in [9.17, 15) is 4.79 Å². The van der Waals surface area contributed by atoms with E-state index in [1.807, 2.05) is 24.3 Å². The zero-order valence-corrected chi connectivity index (χ0v) is 21.2. The number of nitrogens with one attached hydrogen (secondary N) is 2. The third kappa shape index (κ3) is 11.4. The molecule has 182 valence electrons. The molecule has 4 nitrogen and oxygen atoms in total. The summed E-state index contributed by atoms with van der Waals surface area (Å²) in [5.74, 6) is 0.0337. The standard InChI is InChI=1S/C29H45N3O/c1-4-5-6-7-8-9-10-11-12-13-22-31-29(33)27-18-14-25(15-19-27)23-30-24-26-16-20-28(21-17-26)32(2)3/h14-21,30H,4-13,22-24H2,1-3H3,(H,31,33). The lowest BCUT2D eigenvalue weighted by Crippen LogP contribution is -2.24. The summed E-state index contributed by atoms with van der Waals surface area (Å²) in [4.78, 5) is 14.5. The monoisotopic (exact) mass is 451 g/mol. The smallest absolute Gasteiger partial charge is 0.251 e. The summed E-state index contributed by atoms with van der Waals surface area (Å²) in [5, 5.41) is 6.54. The van der Waals surface area contributed by atoms with Crippen LogP contribution in [0.5, 0.6) is 0 Å². The molecule has 0 fully saturated rings. The normalized spacial score (nSPS) is 10.9. The van der Waals surface area contributed by atoms with Gasteiger partial charge in [-0.25, -0.2) is 0 Å². The van der Waals surface area contributed by atoms with Crippen LogP contribution in [0.1, 0.15) is 92.6 Å². The Kier molecular flexibility index (Phi) is 13.3. The highest BCUT2D eigenvalue weighted by molar-refractivity contribution is 5.94. The van der Waals surface area contributed by atoms with Gasteiger partial charge in [-0.3, -0.25) is 4.79 Å². The molecule has 0 aromatic heterocycles. The molecule has 0 saturated heterocycles. The Morgan fingerprint density at radius 1 is 0.697 bits per heavy atom. The molecule has 2 N–H and O–H groups in total. The molecule has 0 heterocycles. The molecule has 0 aliphatic carbocycles. The van der Waals surface area contributed by atoms with E-state index in [-0.39, 0.29) is 5.91 Å². The molecule has 0 aliphatic rings. The van der Waals surface area contributed by atoms with Gasteiger partial charge < -0.3 is 15.5 Å². The summed E-state index contributed by atoms with van der Waals surface area (Å²) in [6.07, 6.45) is 13.1. The van der Waals surface area contributed by atoms with Crippen LogP contribution in [0, 0.1) is 0 Å². The Balaban J connectivity index is 1.55. The van der Waals surface area contributed by atoms with Crippen LogP contribution in [0.3, 0.4) is 0 Å². The quantitative estimate of drug-likeness (QED) is 0.263. The molecule has 0 saturated carbocycles. The second kappa shape index (κ2) is 16.3. The average Bonchev–Trinajstić information content (AvgIpc) is 2.83. The third-order valence-corrected chi connectivity index (χ3v) is 6.14. The number of rotatable bonds is 17. The van der Waals surface area contributed by atoms with Crippen molar-refractivity contribution in [1.82, 2.24) is 10.6 Å². The van der Waals surface area contributed by atoms with Gasteiger partial charge in [-0.2, -0.15) is 0 Å². The van der Waals surface area contributed by atoms with E-state index < -0.39 is 0 Å². The van der Waals surface area contributed by atoms with Crippen molar-refractivity contribution in [1.29, 1.82) is 0 Å². The van der Waals surface area contributed by atoms with E-state index in [1.165, 1.54) is 74.6 Å². The number of hydrogen-bond acceptors (Lipinski definition) is 3. The van der Waals surface area contributed by atoms with Crippen LogP contribution >= 0.6 is 0 Å². The van der Waals surface area contributed by atoms with E-state index in [4.69, 9.17) is 0 Å². The minimum atomic E-state index is 0.0337. The zero-order chi connectivity index (χ0) is 23.7. The molecular formula is C29H45N3O. The Hall–Kier alpha value is -2.33. The summed E-state index contributed by atoms with van der Waals surface area (Å²) >= 11 is 0. The second-order valence-electron chi connectivity index (χ2n) is 9.30. The SMILES string of the molecule is CCCCCCCCCCCCNC(=O)c1ccc(CNCc2ccc(N(C)C)cc2)cc1. The van der Waals surface area contributed by atoms with Gasteiger partial charge in [0.25, 0.3) is 5.91 Å². The fraction of sp³-hybridized carbons (Fsp3) is 0.552. The van der Waals surface area contributed by atoms with E-state index in [2.05, 4.69) is 60.8 Å². The molecule has 0 radical (unpaired) electrons. The van der Waals surface area contributed by atoms with E-state index >= 15 is 0 Å². The zero-order valence-electron chi connectivity index (χ0n) is 21.2. The maximum atomic E-state index is 12.4. The molecule has 0 spiro atoms. The molecule has 2 rings (SSSR count). The minimum Gasteiger partial charge on any atom is -0.378 e. The lowest BCUT2D eigenvalue weighted by molar-refractivity contribution is 0.0953. The summed E-state index contributed by atoms with van der Waals surface area (Å²) in [5.41, 5.74) is 4.40. The molecule has 0 atom stereocenters. The fourth-order valence-corrected chi connectivity index (χ4v) is 3.95. The van der Waals surface area contributed by atoms with Crippen molar-refractivity contribution in [2.24, 2.45) is 0 Å². The molecule has 0 unspecified atom stereocenters. The number of hydrogen-bond donors (Lipinski definition) is 2. The predicted molar refractivity (Wildman–Crippen MR) is 142 cm³/mol. The van der Waals surface area contributed by atoms with Crippen LogP contribution in [0.4, 0.5) is 5.69 Å². The molecule has 0 aliphatic heterocycles. The maximum Gasteiger partial charge on any atom is 0.251 e. The second-order valence-corrected chi connectivity index (χ2v) is 9.30. The molecule has 4 heteroatoms. The highest BCUT2D eigenvalue weighted by Crippen LogP contribution is 2.13. The Morgan fingerprint density at radius 3 is 1.70 bits per heavy atom. The minimum absolute atomic E-state index is 0.0337. The number of carbonyl (C=O) groups is 1. The summed E-state index contributed by atoms with van der Waals surface area (Å²) in [6.45, 7) is 4.65. The van der Waals surface area contributed by atoms with Gasteiger partial charge in [0, 0.05) is 45.0 Å². The van der Waals surface area contributed by atoms with E-state index in [0.717, 1.165) is 31.6 Å². The van der Waals surface area contributed by atoms with Crippen LogP contribution in [-0.4, -0.2) is 26.5 Å². The Morgan fingerprint density at radius 2 is 1.18 bits per heavy atom. The molecular weight excluding hydrogens is 406 g/mol. The highest BCUT2D eigenvalue weighted by Gasteiger charge is 2.05. The number of anilines is 1. The largest absolute Gasteiger partial charge is 0.378 e. The van der Waals surface area contributed by atoms with Crippen LogP contribution in [0.2, 0.25) is 0 Å². The van der Waals surface area contributed by atoms with Crippen LogP contribution in [0.15, 0.2) is 48.5 Å². The van der Waals surface area contributed by atoms with Gasteiger partial charge in [0.15, 0.2) is 0 Å². The lowest BCUT2D eigenvalue weighted by atomic mass is 10.1.